The van der Waals surface area contributed by atoms with E-state index >= 15 is 0 Å². The predicted molar refractivity (Wildman–Crippen MR) is 82.6 cm³/mol. The topological polar surface area (TPSA) is 23.8 Å². The Morgan fingerprint density at radius 3 is 2.53 bits per heavy atom. The van der Waals surface area contributed by atoms with Gasteiger partial charge in [-0.05, 0) is 55.2 Å². The summed E-state index contributed by atoms with van der Waals surface area (Å²) in [5.41, 5.74) is 5.02. The van der Waals surface area contributed by atoms with E-state index in [4.69, 9.17) is 0 Å². The molecule has 102 valence electrons. The van der Waals surface area contributed by atoms with Crippen LogP contribution >= 0.6 is 0 Å². The van der Waals surface area contributed by atoms with Gasteiger partial charge in [0, 0.05) is 5.57 Å². The van der Waals surface area contributed by atoms with Crippen molar-refractivity contribution < 1.29 is 0 Å². The average molecular weight is 255 g/mol. The summed E-state index contributed by atoms with van der Waals surface area (Å²) in [4.78, 5) is 0. The number of rotatable bonds is 3. The quantitative estimate of drug-likeness (QED) is 0.483. The van der Waals surface area contributed by atoms with Crippen molar-refractivity contribution in [1.82, 2.24) is 0 Å². The Bertz CT molecular complexity index is 490. The zero-order valence-corrected chi connectivity index (χ0v) is 12.9. The maximum absolute atomic E-state index is 9.27. The second-order valence-corrected chi connectivity index (χ2v) is 5.90. The number of hydrogen-bond acceptors (Lipinski definition) is 1. The van der Waals surface area contributed by atoms with Crippen LogP contribution in [0.15, 0.2) is 46.6 Å². The molecule has 0 atom stereocenters. The lowest BCUT2D eigenvalue weighted by Gasteiger charge is -2.32. The molecule has 1 rings (SSSR count). The minimum atomic E-state index is 0.229. The summed E-state index contributed by atoms with van der Waals surface area (Å²) >= 11 is 0. The van der Waals surface area contributed by atoms with Gasteiger partial charge in [0.25, 0.3) is 0 Å². The monoisotopic (exact) mass is 255 g/mol. The van der Waals surface area contributed by atoms with Crippen LogP contribution in [-0.2, 0) is 0 Å². The first-order chi connectivity index (χ1) is 8.97. The van der Waals surface area contributed by atoms with Crippen LogP contribution in [0.25, 0.3) is 0 Å². The molecular weight excluding hydrogens is 230 g/mol. The largest absolute Gasteiger partial charge is 0.193 e. The normalized spacial score (nSPS) is 22.1. The molecule has 0 aromatic rings. The first-order valence-electron chi connectivity index (χ1n) is 7.09. The molecule has 1 heteroatoms. The Labute approximate surface area is 118 Å². The molecule has 0 unspecified atom stereocenters. The second-order valence-electron chi connectivity index (χ2n) is 5.90. The molecule has 0 amide bonds. The van der Waals surface area contributed by atoms with Gasteiger partial charge in [-0.3, -0.25) is 0 Å². The third kappa shape index (κ3) is 3.96. The summed E-state index contributed by atoms with van der Waals surface area (Å²) in [6, 6.07) is 2.37. The molecule has 0 radical (unpaired) electrons. The minimum Gasteiger partial charge on any atom is -0.193 e. The van der Waals surface area contributed by atoms with Gasteiger partial charge >= 0.3 is 0 Å². The maximum atomic E-state index is 9.27. The van der Waals surface area contributed by atoms with Gasteiger partial charge in [0.2, 0.25) is 0 Å². The summed E-state index contributed by atoms with van der Waals surface area (Å²) in [6.45, 7) is 10.7. The third-order valence-corrected chi connectivity index (χ3v) is 3.59. The van der Waals surface area contributed by atoms with E-state index in [2.05, 4.69) is 58.1 Å². The van der Waals surface area contributed by atoms with Crippen LogP contribution in [0.1, 0.15) is 53.9 Å². The van der Waals surface area contributed by atoms with Crippen LogP contribution < -0.4 is 0 Å². The molecule has 0 heterocycles. The standard InChI is InChI=1S/C18H25N/c1-6-9-14(7-2)16-10-17(15(8-3)13-19)12-18(4,5)11-16/h6-7,9-10H,8,11-12H2,1-5H3/b9-6-,14-7+,17-15+. The minimum absolute atomic E-state index is 0.229. The van der Waals surface area contributed by atoms with Crippen LogP contribution in [0, 0.1) is 16.7 Å². The lowest BCUT2D eigenvalue weighted by molar-refractivity contribution is 0.353. The van der Waals surface area contributed by atoms with E-state index < -0.39 is 0 Å². The van der Waals surface area contributed by atoms with Crippen LogP contribution in [-0.4, -0.2) is 0 Å². The molecule has 0 aromatic carbocycles. The molecule has 0 aliphatic heterocycles. The summed E-state index contributed by atoms with van der Waals surface area (Å²) in [7, 11) is 0. The lowest BCUT2D eigenvalue weighted by atomic mass is 9.72. The van der Waals surface area contributed by atoms with Crippen molar-refractivity contribution in [2.45, 2.75) is 53.9 Å². The van der Waals surface area contributed by atoms with Crippen LogP contribution in [0.2, 0.25) is 0 Å². The van der Waals surface area contributed by atoms with Crippen molar-refractivity contribution in [3.8, 4) is 6.07 Å². The highest BCUT2D eigenvalue weighted by Crippen LogP contribution is 2.41. The molecule has 0 spiro atoms. The van der Waals surface area contributed by atoms with Crippen LogP contribution in [0.4, 0.5) is 0 Å². The van der Waals surface area contributed by atoms with E-state index in [1.807, 2.05) is 6.92 Å². The molecule has 0 aromatic heterocycles. The average Bonchev–Trinajstić information content (AvgIpc) is 2.35. The molecule has 0 saturated carbocycles. The van der Waals surface area contributed by atoms with E-state index in [0.29, 0.717) is 0 Å². The van der Waals surface area contributed by atoms with E-state index in [9.17, 15) is 5.26 Å². The summed E-state index contributed by atoms with van der Waals surface area (Å²) in [6.07, 6.45) is 11.5. The first kappa shape index (κ1) is 15.5. The van der Waals surface area contributed by atoms with Gasteiger partial charge in [-0.15, -0.1) is 0 Å². The lowest BCUT2D eigenvalue weighted by Crippen LogP contribution is -2.18. The smallest absolute Gasteiger partial charge is 0.0949 e. The highest BCUT2D eigenvalue weighted by atomic mass is 14.3. The zero-order valence-electron chi connectivity index (χ0n) is 12.9. The molecule has 1 aliphatic carbocycles. The Kier molecular flexibility index (Phi) is 5.36. The van der Waals surface area contributed by atoms with Crippen molar-refractivity contribution in [3.05, 3.63) is 46.6 Å². The van der Waals surface area contributed by atoms with E-state index in [0.717, 1.165) is 24.8 Å². The summed E-state index contributed by atoms with van der Waals surface area (Å²) in [5, 5.41) is 9.27. The molecule has 19 heavy (non-hydrogen) atoms. The second kappa shape index (κ2) is 6.57. The van der Waals surface area contributed by atoms with Gasteiger partial charge in [-0.2, -0.15) is 5.26 Å². The fraction of sp³-hybridized carbons (Fsp3) is 0.500. The predicted octanol–water partition coefficient (Wildman–Crippen LogP) is 5.49. The molecule has 0 saturated heterocycles. The van der Waals surface area contributed by atoms with Gasteiger partial charge in [-0.25, -0.2) is 0 Å². The number of hydrogen-bond donors (Lipinski definition) is 0. The Hall–Kier alpha value is -1.55. The van der Waals surface area contributed by atoms with E-state index in [1.165, 1.54) is 16.7 Å². The van der Waals surface area contributed by atoms with Gasteiger partial charge in [0.05, 0.1) is 6.07 Å². The fourth-order valence-corrected chi connectivity index (χ4v) is 2.73. The Morgan fingerprint density at radius 1 is 1.37 bits per heavy atom. The van der Waals surface area contributed by atoms with Crippen molar-refractivity contribution in [3.63, 3.8) is 0 Å². The van der Waals surface area contributed by atoms with Crippen molar-refractivity contribution in [2.24, 2.45) is 5.41 Å². The SMILES string of the molecule is C/C=C\C(=C/C)C1=C/C(=C(\C#N)CC)CC(C)(C)C1. The molecule has 1 nitrogen and oxygen atoms in total. The molecule has 0 N–H and O–H groups in total. The zero-order chi connectivity index (χ0) is 14.5. The number of allylic oxidation sites excluding steroid dienone is 8. The van der Waals surface area contributed by atoms with E-state index in [1.54, 1.807) is 0 Å². The van der Waals surface area contributed by atoms with E-state index in [-0.39, 0.29) is 5.41 Å². The van der Waals surface area contributed by atoms with Crippen LogP contribution in [0.3, 0.4) is 0 Å². The van der Waals surface area contributed by atoms with Gasteiger partial charge < -0.3 is 0 Å². The van der Waals surface area contributed by atoms with Gasteiger partial charge in [0.1, 0.15) is 0 Å². The molecule has 1 aliphatic rings. The number of nitriles is 1. The fourth-order valence-electron chi connectivity index (χ4n) is 2.73. The highest BCUT2D eigenvalue weighted by molar-refractivity contribution is 5.49. The maximum Gasteiger partial charge on any atom is 0.0949 e. The van der Waals surface area contributed by atoms with Crippen molar-refractivity contribution in [2.75, 3.05) is 0 Å². The first-order valence-corrected chi connectivity index (χ1v) is 7.09. The summed E-state index contributed by atoms with van der Waals surface area (Å²) < 4.78 is 0. The molecular formula is C18H25N. The Morgan fingerprint density at radius 2 is 2.05 bits per heavy atom. The third-order valence-electron chi connectivity index (χ3n) is 3.59. The van der Waals surface area contributed by atoms with Gasteiger partial charge in [-0.1, -0.05) is 45.1 Å². The van der Waals surface area contributed by atoms with Crippen molar-refractivity contribution >= 4 is 0 Å². The Balaban J connectivity index is 3.32. The highest BCUT2D eigenvalue weighted by Gasteiger charge is 2.27. The van der Waals surface area contributed by atoms with Gasteiger partial charge in [0.15, 0.2) is 0 Å². The molecule has 0 fully saturated rings. The van der Waals surface area contributed by atoms with Crippen molar-refractivity contribution in [1.29, 1.82) is 5.26 Å². The summed E-state index contributed by atoms with van der Waals surface area (Å²) in [5.74, 6) is 0. The van der Waals surface area contributed by atoms with Crippen LogP contribution in [0.5, 0.6) is 0 Å². The molecule has 0 bridgehead atoms. The number of nitrogens with zero attached hydrogens (tertiary/aromatic N) is 1.